The van der Waals surface area contributed by atoms with Gasteiger partial charge in [0.05, 0.1) is 11.6 Å². The summed E-state index contributed by atoms with van der Waals surface area (Å²) in [5.74, 6) is -1.61. The van der Waals surface area contributed by atoms with Crippen molar-refractivity contribution in [3.8, 4) is 0 Å². The van der Waals surface area contributed by atoms with Crippen LogP contribution in [-0.2, 0) is 22.6 Å². The lowest BCUT2D eigenvalue weighted by atomic mass is 9.96. The zero-order valence-corrected chi connectivity index (χ0v) is 27.9. The molecule has 0 aliphatic carbocycles. The van der Waals surface area contributed by atoms with E-state index in [0.717, 1.165) is 16.8 Å². The van der Waals surface area contributed by atoms with Crippen LogP contribution in [0.2, 0.25) is 0 Å². The number of hydrogen-bond donors (Lipinski definition) is 3. The summed E-state index contributed by atoms with van der Waals surface area (Å²) < 4.78 is 1.75. The highest BCUT2D eigenvalue weighted by molar-refractivity contribution is 6.00. The topological polar surface area (TPSA) is 135 Å². The molecule has 0 saturated heterocycles. The average molecular weight is 637 g/mol. The summed E-state index contributed by atoms with van der Waals surface area (Å²) in [5, 5.41) is 10.1. The van der Waals surface area contributed by atoms with Crippen molar-refractivity contribution in [2.45, 2.75) is 78.9 Å². The number of amides is 3. The molecule has 3 atom stereocenters. The highest BCUT2D eigenvalue weighted by Crippen LogP contribution is 2.15. The van der Waals surface area contributed by atoms with E-state index in [2.05, 4.69) is 40.0 Å². The van der Waals surface area contributed by atoms with Gasteiger partial charge in [0.25, 0.3) is 11.8 Å². The standard InChI is InChI=1S/C37H44N6O4/c1-7-24(5)32(41-35(45)30-22-43(8-2)34-29(33(30)44)19-14-25(6)39-34)37(47)40-31(20-26-12-10-9-11-13-26)36(46)42-38-21-27-15-17-28(18-16-27)23(3)4/h9-19,21-24,31-32H,7-8,20H2,1-6H3,(H,40,47)(H,41,45)(H,42,46)/b38-21+. The number of carbonyl (C=O) groups excluding carboxylic acids is 3. The molecule has 10 nitrogen and oxygen atoms in total. The van der Waals surface area contributed by atoms with E-state index in [9.17, 15) is 19.2 Å². The molecule has 0 radical (unpaired) electrons. The lowest BCUT2D eigenvalue weighted by molar-refractivity contribution is -0.130. The molecule has 10 heteroatoms. The maximum absolute atomic E-state index is 13.8. The van der Waals surface area contributed by atoms with Gasteiger partial charge in [-0.1, -0.05) is 88.7 Å². The third kappa shape index (κ3) is 8.78. The number of aromatic nitrogens is 2. The summed E-state index contributed by atoms with van der Waals surface area (Å²) >= 11 is 0. The van der Waals surface area contributed by atoms with Crippen molar-refractivity contribution >= 4 is 35.0 Å². The van der Waals surface area contributed by atoms with Gasteiger partial charge in [-0.2, -0.15) is 5.10 Å². The smallest absolute Gasteiger partial charge is 0.262 e. The minimum atomic E-state index is -1.01. The first kappa shape index (κ1) is 34.7. The molecule has 4 aromatic rings. The molecule has 47 heavy (non-hydrogen) atoms. The monoisotopic (exact) mass is 636 g/mol. The number of pyridine rings is 2. The fourth-order valence-corrected chi connectivity index (χ4v) is 5.22. The summed E-state index contributed by atoms with van der Waals surface area (Å²) in [6.45, 7) is 12.2. The number of nitrogens with one attached hydrogen (secondary N) is 3. The largest absolute Gasteiger partial charge is 0.342 e. The Kier molecular flexibility index (Phi) is 11.8. The number of benzene rings is 2. The molecule has 3 N–H and O–H groups in total. The zero-order chi connectivity index (χ0) is 34.1. The number of hydrazone groups is 1. The summed E-state index contributed by atoms with van der Waals surface area (Å²) in [6.07, 6.45) is 3.80. The number of aryl methyl sites for hydroxylation is 2. The Labute approximate surface area is 275 Å². The number of fused-ring (bicyclic) bond motifs is 1. The SMILES string of the molecule is CCC(C)C(NC(=O)c1cn(CC)c2nc(C)ccc2c1=O)C(=O)NC(Cc1ccccc1)C(=O)N/N=C/c1ccc(C(C)C)cc1. The van der Waals surface area contributed by atoms with E-state index >= 15 is 0 Å². The first-order valence-corrected chi connectivity index (χ1v) is 16.1. The number of nitrogens with zero attached hydrogens (tertiary/aromatic N) is 3. The van der Waals surface area contributed by atoms with Gasteiger partial charge in [-0.05, 0) is 54.5 Å². The van der Waals surface area contributed by atoms with Crippen molar-refractivity contribution in [2.24, 2.45) is 11.0 Å². The molecular weight excluding hydrogens is 592 g/mol. The third-order valence-corrected chi connectivity index (χ3v) is 8.34. The third-order valence-electron chi connectivity index (χ3n) is 8.34. The molecule has 0 spiro atoms. The van der Waals surface area contributed by atoms with E-state index < -0.39 is 35.2 Å². The van der Waals surface area contributed by atoms with E-state index in [-0.39, 0.29) is 17.9 Å². The molecule has 0 fully saturated rings. The quantitative estimate of drug-likeness (QED) is 0.142. The van der Waals surface area contributed by atoms with Crippen molar-refractivity contribution in [1.82, 2.24) is 25.6 Å². The molecule has 0 aliphatic heterocycles. The van der Waals surface area contributed by atoms with Crippen molar-refractivity contribution < 1.29 is 14.4 Å². The van der Waals surface area contributed by atoms with E-state index in [1.807, 2.05) is 82.3 Å². The van der Waals surface area contributed by atoms with E-state index in [0.29, 0.717) is 29.9 Å². The predicted octanol–water partition coefficient (Wildman–Crippen LogP) is 4.87. The lowest BCUT2D eigenvalue weighted by Gasteiger charge is -2.26. The van der Waals surface area contributed by atoms with Crippen LogP contribution in [0.5, 0.6) is 0 Å². The normalized spacial score (nSPS) is 13.3. The first-order chi connectivity index (χ1) is 22.5. The van der Waals surface area contributed by atoms with E-state index in [4.69, 9.17) is 0 Å². The van der Waals surface area contributed by atoms with Crippen molar-refractivity contribution in [2.75, 3.05) is 0 Å². The Morgan fingerprint density at radius 3 is 2.26 bits per heavy atom. The minimum absolute atomic E-state index is 0.0829. The van der Waals surface area contributed by atoms with E-state index in [1.165, 1.54) is 11.8 Å². The maximum atomic E-state index is 13.8. The van der Waals surface area contributed by atoms with Crippen molar-refractivity contribution in [1.29, 1.82) is 0 Å². The molecule has 4 rings (SSSR count). The fourth-order valence-electron chi connectivity index (χ4n) is 5.22. The molecular formula is C37H44N6O4. The number of carbonyl (C=O) groups is 3. The summed E-state index contributed by atoms with van der Waals surface area (Å²) in [7, 11) is 0. The first-order valence-electron chi connectivity index (χ1n) is 16.1. The molecule has 0 saturated carbocycles. The second-order valence-electron chi connectivity index (χ2n) is 12.1. The molecule has 0 aliphatic rings. The second-order valence-corrected chi connectivity index (χ2v) is 12.1. The van der Waals surface area contributed by atoms with Gasteiger partial charge in [-0.25, -0.2) is 10.4 Å². The van der Waals surface area contributed by atoms with Gasteiger partial charge in [0, 0.05) is 24.9 Å². The molecule has 2 heterocycles. The summed E-state index contributed by atoms with van der Waals surface area (Å²) in [4.78, 5) is 58.7. The van der Waals surface area contributed by atoms with Crippen molar-refractivity contribution in [3.63, 3.8) is 0 Å². The van der Waals surface area contributed by atoms with Crippen LogP contribution in [0, 0.1) is 12.8 Å². The summed E-state index contributed by atoms with van der Waals surface area (Å²) in [6, 6.07) is 18.6. The minimum Gasteiger partial charge on any atom is -0.342 e. The Morgan fingerprint density at radius 2 is 1.62 bits per heavy atom. The number of hydrogen-bond acceptors (Lipinski definition) is 6. The van der Waals surface area contributed by atoms with Crippen LogP contribution in [0.3, 0.4) is 0 Å². The van der Waals surface area contributed by atoms with Crippen LogP contribution >= 0.6 is 0 Å². The molecule has 2 aromatic carbocycles. The Hall–Kier alpha value is -5.12. The lowest BCUT2D eigenvalue weighted by Crippen LogP contribution is -2.56. The highest BCUT2D eigenvalue weighted by atomic mass is 16.2. The van der Waals surface area contributed by atoms with Crippen LogP contribution in [0.4, 0.5) is 0 Å². The van der Waals surface area contributed by atoms with Crippen LogP contribution < -0.4 is 21.5 Å². The van der Waals surface area contributed by atoms with Crippen molar-refractivity contribution in [3.05, 3.63) is 111 Å². The Morgan fingerprint density at radius 1 is 0.915 bits per heavy atom. The molecule has 0 bridgehead atoms. The van der Waals surface area contributed by atoms with Crippen LogP contribution in [-0.4, -0.2) is 45.6 Å². The van der Waals surface area contributed by atoms with Gasteiger partial charge in [-0.15, -0.1) is 0 Å². The average Bonchev–Trinajstić information content (AvgIpc) is 3.07. The molecule has 3 amide bonds. The second kappa shape index (κ2) is 15.9. The van der Waals surface area contributed by atoms with Gasteiger partial charge in [0.1, 0.15) is 23.3 Å². The van der Waals surface area contributed by atoms with Crippen LogP contribution in [0.1, 0.15) is 79.7 Å². The van der Waals surface area contributed by atoms with Gasteiger partial charge in [0.2, 0.25) is 11.3 Å². The summed E-state index contributed by atoms with van der Waals surface area (Å²) in [5.41, 5.74) is 6.12. The van der Waals surface area contributed by atoms with Crippen LogP contribution in [0.15, 0.2) is 82.8 Å². The van der Waals surface area contributed by atoms with Crippen LogP contribution in [0.25, 0.3) is 11.0 Å². The fraction of sp³-hybridized carbons (Fsp3) is 0.351. The zero-order valence-electron chi connectivity index (χ0n) is 27.9. The number of rotatable bonds is 13. The Bertz CT molecular complexity index is 1800. The Balaban J connectivity index is 1.56. The van der Waals surface area contributed by atoms with E-state index in [1.54, 1.807) is 22.9 Å². The molecule has 246 valence electrons. The molecule has 2 aromatic heterocycles. The predicted molar refractivity (Wildman–Crippen MR) is 185 cm³/mol. The van der Waals surface area contributed by atoms with Gasteiger partial charge < -0.3 is 15.2 Å². The van der Waals surface area contributed by atoms with Gasteiger partial charge in [0.15, 0.2) is 0 Å². The highest BCUT2D eigenvalue weighted by Gasteiger charge is 2.31. The maximum Gasteiger partial charge on any atom is 0.262 e. The van der Waals surface area contributed by atoms with Gasteiger partial charge in [-0.3, -0.25) is 19.2 Å². The van der Waals surface area contributed by atoms with Gasteiger partial charge >= 0.3 is 0 Å². The molecule has 3 unspecified atom stereocenters.